The van der Waals surface area contributed by atoms with Gasteiger partial charge in [0.15, 0.2) is 0 Å². The Morgan fingerprint density at radius 3 is 2.50 bits per heavy atom. The fraction of sp³-hybridized carbons (Fsp3) is 0.318. The number of ether oxygens (including phenoxy) is 1. The SMILES string of the molecule is ClCc1nc2ccccc2[nH]1.[C-]#[N+]Cn1c(CN2CCOCC2)nc2ccccc21. The molecular weight excluding hydrogens is 400 g/mol. The average Bonchev–Trinajstić information content (AvgIpc) is 3.36. The third kappa shape index (κ3) is 4.62. The van der Waals surface area contributed by atoms with Gasteiger partial charge >= 0.3 is 0 Å². The van der Waals surface area contributed by atoms with E-state index in [1.165, 1.54) is 0 Å². The summed E-state index contributed by atoms with van der Waals surface area (Å²) in [4.78, 5) is 17.8. The maximum absolute atomic E-state index is 7.11. The molecule has 2 aromatic heterocycles. The zero-order valence-electron chi connectivity index (χ0n) is 16.6. The number of alkyl halides is 1. The van der Waals surface area contributed by atoms with Crippen LogP contribution in [0.3, 0.4) is 0 Å². The highest BCUT2D eigenvalue weighted by Gasteiger charge is 2.17. The summed E-state index contributed by atoms with van der Waals surface area (Å²) >= 11 is 5.60. The molecule has 0 atom stereocenters. The first-order chi connectivity index (χ1) is 14.8. The van der Waals surface area contributed by atoms with Gasteiger partial charge in [0.2, 0.25) is 0 Å². The molecular formula is C22H23ClN6O. The van der Waals surface area contributed by atoms with Crippen LogP contribution in [-0.4, -0.2) is 50.7 Å². The van der Waals surface area contributed by atoms with E-state index in [2.05, 4.69) is 24.7 Å². The Hall–Kier alpha value is -2.92. The minimum absolute atomic E-state index is 0.334. The topological polar surface area (TPSA) is 63.3 Å². The smallest absolute Gasteiger partial charge is 0.294 e. The maximum Gasteiger partial charge on any atom is 0.294 e. The van der Waals surface area contributed by atoms with Crippen LogP contribution in [0.1, 0.15) is 11.6 Å². The number of nitrogens with one attached hydrogen (secondary N) is 1. The third-order valence-electron chi connectivity index (χ3n) is 4.98. The second-order valence-electron chi connectivity index (χ2n) is 6.97. The lowest BCUT2D eigenvalue weighted by Crippen LogP contribution is -2.36. The fourth-order valence-electron chi connectivity index (χ4n) is 3.50. The Balaban J connectivity index is 0.000000168. The molecule has 30 heavy (non-hydrogen) atoms. The van der Waals surface area contributed by atoms with Crippen molar-refractivity contribution in [2.45, 2.75) is 19.1 Å². The van der Waals surface area contributed by atoms with Gasteiger partial charge in [0.1, 0.15) is 11.6 Å². The van der Waals surface area contributed by atoms with Crippen molar-refractivity contribution in [1.82, 2.24) is 24.4 Å². The predicted molar refractivity (Wildman–Crippen MR) is 118 cm³/mol. The average molecular weight is 423 g/mol. The molecule has 8 heteroatoms. The number of hydrogen-bond donors (Lipinski definition) is 1. The zero-order chi connectivity index (χ0) is 20.8. The number of aromatic amines is 1. The first kappa shape index (κ1) is 20.4. The third-order valence-corrected chi connectivity index (χ3v) is 5.23. The Kier molecular flexibility index (Phi) is 6.60. The van der Waals surface area contributed by atoms with Crippen molar-refractivity contribution in [3.05, 3.63) is 71.6 Å². The molecule has 1 N–H and O–H groups in total. The second kappa shape index (κ2) is 9.72. The van der Waals surface area contributed by atoms with Crippen LogP contribution in [0.25, 0.3) is 26.9 Å². The second-order valence-corrected chi connectivity index (χ2v) is 7.23. The number of hydrogen-bond acceptors (Lipinski definition) is 4. The van der Waals surface area contributed by atoms with E-state index in [4.69, 9.17) is 22.9 Å². The number of nitrogens with zero attached hydrogens (tertiary/aromatic N) is 5. The molecule has 0 unspecified atom stereocenters. The molecule has 5 rings (SSSR count). The molecule has 0 radical (unpaired) electrons. The Labute approximate surface area is 180 Å². The molecule has 0 spiro atoms. The fourth-order valence-corrected chi connectivity index (χ4v) is 3.63. The Morgan fingerprint density at radius 1 is 1.03 bits per heavy atom. The summed E-state index contributed by atoms with van der Waals surface area (Å²) in [6.07, 6.45) is 0. The van der Waals surface area contributed by atoms with E-state index in [0.717, 1.165) is 66.6 Å². The number of rotatable bonds is 4. The summed E-state index contributed by atoms with van der Waals surface area (Å²) in [7, 11) is 0. The number of para-hydroxylation sites is 4. The molecule has 154 valence electrons. The summed E-state index contributed by atoms with van der Waals surface area (Å²) in [6, 6.07) is 15.9. The van der Waals surface area contributed by atoms with Crippen molar-refractivity contribution in [1.29, 1.82) is 0 Å². The molecule has 0 aliphatic carbocycles. The monoisotopic (exact) mass is 422 g/mol. The Morgan fingerprint density at radius 2 is 1.77 bits per heavy atom. The van der Waals surface area contributed by atoms with Gasteiger partial charge in [-0.1, -0.05) is 24.3 Å². The minimum atomic E-state index is 0.334. The maximum atomic E-state index is 7.11. The molecule has 1 aliphatic heterocycles. The molecule has 4 aromatic rings. The van der Waals surface area contributed by atoms with Crippen molar-refractivity contribution in [2.24, 2.45) is 0 Å². The summed E-state index contributed by atoms with van der Waals surface area (Å²) < 4.78 is 7.37. The van der Waals surface area contributed by atoms with Gasteiger partial charge in [-0.15, -0.1) is 11.6 Å². The highest BCUT2D eigenvalue weighted by atomic mass is 35.5. The number of fused-ring (bicyclic) bond motifs is 2. The largest absolute Gasteiger partial charge is 0.379 e. The van der Waals surface area contributed by atoms with Crippen LogP contribution in [0, 0.1) is 6.57 Å². The summed E-state index contributed by atoms with van der Waals surface area (Å²) in [5, 5.41) is 0. The van der Waals surface area contributed by atoms with E-state index >= 15 is 0 Å². The zero-order valence-corrected chi connectivity index (χ0v) is 17.3. The van der Waals surface area contributed by atoms with Crippen molar-refractivity contribution in [3.63, 3.8) is 0 Å². The molecule has 0 bridgehead atoms. The highest BCUT2D eigenvalue weighted by Crippen LogP contribution is 2.18. The minimum Gasteiger partial charge on any atom is -0.379 e. The van der Waals surface area contributed by atoms with Crippen LogP contribution >= 0.6 is 11.6 Å². The molecule has 2 aromatic carbocycles. The van der Waals surface area contributed by atoms with Gasteiger partial charge in [0.25, 0.3) is 6.67 Å². The quantitative estimate of drug-likeness (QED) is 0.398. The van der Waals surface area contributed by atoms with Crippen LogP contribution in [0.2, 0.25) is 0 Å². The van der Waals surface area contributed by atoms with Gasteiger partial charge in [-0.25, -0.2) is 16.5 Å². The molecule has 3 heterocycles. The van der Waals surface area contributed by atoms with Crippen LogP contribution in [0.4, 0.5) is 0 Å². The number of H-pyrrole nitrogens is 1. The lowest BCUT2D eigenvalue weighted by Gasteiger charge is -2.25. The van der Waals surface area contributed by atoms with Gasteiger partial charge in [0, 0.05) is 13.1 Å². The predicted octanol–water partition coefficient (Wildman–Crippen LogP) is 4.05. The standard InChI is InChI=1S/C14H16N4O.C8H7ClN2/c1-15-11-18-13-5-3-2-4-12(13)16-14(18)10-17-6-8-19-9-7-17;9-5-8-10-6-3-1-2-4-7(6)11-8/h2-5H,6-11H2;1-4H,5H2,(H,10,11). The van der Waals surface area contributed by atoms with Crippen molar-refractivity contribution in [2.75, 3.05) is 26.3 Å². The summed E-state index contributed by atoms with van der Waals surface area (Å²) in [5.74, 6) is 2.24. The lowest BCUT2D eigenvalue weighted by atomic mass is 10.3. The van der Waals surface area contributed by atoms with Gasteiger partial charge in [-0.05, 0) is 24.3 Å². The van der Waals surface area contributed by atoms with E-state index in [0.29, 0.717) is 12.5 Å². The number of morpholine rings is 1. The summed E-state index contributed by atoms with van der Waals surface area (Å²) in [6.45, 7) is 11.7. The van der Waals surface area contributed by atoms with Gasteiger partial charge in [-0.2, -0.15) is 0 Å². The van der Waals surface area contributed by atoms with E-state index in [-0.39, 0.29) is 0 Å². The van der Waals surface area contributed by atoms with Crippen LogP contribution in [-0.2, 0) is 23.8 Å². The number of imidazole rings is 2. The lowest BCUT2D eigenvalue weighted by molar-refractivity contribution is 0.0327. The van der Waals surface area contributed by atoms with Gasteiger partial charge < -0.3 is 9.72 Å². The molecule has 0 saturated carbocycles. The molecule has 1 saturated heterocycles. The van der Waals surface area contributed by atoms with E-state index in [9.17, 15) is 0 Å². The molecule has 0 amide bonds. The van der Waals surface area contributed by atoms with Crippen molar-refractivity contribution in [3.8, 4) is 0 Å². The molecule has 1 aliphatic rings. The van der Waals surface area contributed by atoms with E-state index in [1.807, 2.05) is 53.1 Å². The normalized spacial score (nSPS) is 14.4. The van der Waals surface area contributed by atoms with Crippen LogP contribution < -0.4 is 0 Å². The van der Waals surface area contributed by atoms with Gasteiger partial charge in [0.05, 0.1) is 47.7 Å². The van der Waals surface area contributed by atoms with Crippen LogP contribution in [0.15, 0.2) is 48.5 Å². The van der Waals surface area contributed by atoms with Crippen LogP contribution in [0.5, 0.6) is 0 Å². The summed E-state index contributed by atoms with van der Waals surface area (Å²) in [5.41, 5.74) is 4.03. The van der Waals surface area contributed by atoms with Crippen molar-refractivity contribution < 1.29 is 4.74 Å². The number of halogens is 1. The molecule has 7 nitrogen and oxygen atoms in total. The Bertz CT molecular complexity index is 1120. The molecule has 1 fully saturated rings. The highest BCUT2D eigenvalue weighted by molar-refractivity contribution is 6.16. The van der Waals surface area contributed by atoms with Gasteiger partial charge in [-0.3, -0.25) is 14.3 Å². The first-order valence-electron chi connectivity index (χ1n) is 9.85. The van der Waals surface area contributed by atoms with E-state index in [1.54, 1.807) is 0 Å². The van der Waals surface area contributed by atoms with Crippen molar-refractivity contribution >= 4 is 33.7 Å². The van der Waals surface area contributed by atoms with E-state index < -0.39 is 0 Å². The number of aromatic nitrogens is 4. The number of benzene rings is 2. The first-order valence-corrected chi connectivity index (χ1v) is 10.4.